The third kappa shape index (κ3) is 4.48. The normalized spacial score (nSPS) is 11.6. The Morgan fingerprint density at radius 2 is 1.82 bits per heavy atom. The number of rotatable bonds is 7. The molecule has 0 bridgehead atoms. The Morgan fingerprint density at radius 3 is 2.41 bits per heavy atom. The number of ether oxygens (including phenoxy) is 1. The number of nitrogens with one attached hydrogen (secondary N) is 1. The quantitative estimate of drug-likeness (QED) is 0.766. The van der Waals surface area contributed by atoms with Gasteiger partial charge in [0.05, 0.1) is 5.69 Å². The third-order valence-electron chi connectivity index (χ3n) is 2.83. The van der Waals surface area contributed by atoms with Crippen LogP contribution in [0.2, 0.25) is 0 Å². The van der Waals surface area contributed by atoms with Gasteiger partial charge in [-0.3, -0.25) is 0 Å². The van der Waals surface area contributed by atoms with Gasteiger partial charge >= 0.3 is 0 Å². The summed E-state index contributed by atoms with van der Waals surface area (Å²) in [5, 5.41) is 8.05. The fourth-order valence-electron chi connectivity index (χ4n) is 1.62. The molecule has 1 N–H and O–H groups in total. The van der Waals surface area contributed by atoms with Crippen LogP contribution in [-0.2, 0) is 10.2 Å². The van der Waals surface area contributed by atoms with Gasteiger partial charge < -0.3 is 4.74 Å². The number of hydrogen-bond donors (Lipinski definition) is 1. The first-order valence-electron chi connectivity index (χ1n) is 6.68. The SMILES string of the molecule is CN(C)S(=O)(=O)NCCOc1ccc(-c2ccccc2)nn1. The molecule has 7 nitrogen and oxygen atoms in total. The van der Waals surface area contributed by atoms with Gasteiger partial charge in [-0.15, -0.1) is 10.2 Å². The fourth-order valence-corrected chi connectivity index (χ4v) is 2.21. The average Bonchev–Trinajstić information content (AvgIpc) is 2.53. The monoisotopic (exact) mass is 322 g/mol. The number of aromatic nitrogens is 2. The lowest BCUT2D eigenvalue weighted by Crippen LogP contribution is -2.37. The molecule has 0 fully saturated rings. The number of nitrogens with zero attached hydrogens (tertiary/aromatic N) is 3. The Balaban J connectivity index is 1.85. The van der Waals surface area contributed by atoms with E-state index < -0.39 is 10.2 Å². The van der Waals surface area contributed by atoms with Gasteiger partial charge in [0.2, 0.25) is 5.88 Å². The van der Waals surface area contributed by atoms with E-state index in [0.717, 1.165) is 15.6 Å². The Bertz CT molecular complexity index is 688. The van der Waals surface area contributed by atoms with E-state index in [0.29, 0.717) is 5.88 Å². The van der Waals surface area contributed by atoms with Gasteiger partial charge in [0.15, 0.2) is 0 Å². The van der Waals surface area contributed by atoms with Crippen molar-refractivity contribution in [1.82, 2.24) is 19.2 Å². The molecule has 0 unspecified atom stereocenters. The first kappa shape index (κ1) is 16.3. The van der Waals surface area contributed by atoms with E-state index in [9.17, 15) is 8.42 Å². The lowest BCUT2D eigenvalue weighted by atomic mass is 10.1. The first-order chi connectivity index (χ1) is 10.5. The third-order valence-corrected chi connectivity index (χ3v) is 4.36. The first-order valence-corrected chi connectivity index (χ1v) is 8.12. The summed E-state index contributed by atoms with van der Waals surface area (Å²) in [4.78, 5) is 0. The van der Waals surface area contributed by atoms with Crippen LogP contribution >= 0.6 is 0 Å². The molecule has 0 saturated carbocycles. The van der Waals surface area contributed by atoms with Crippen LogP contribution in [-0.4, -0.2) is 50.2 Å². The molecule has 0 amide bonds. The largest absolute Gasteiger partial charge is 0.475 e. The van der Waals surface area contributed by atoms with Gasteiger partial charge in [-0.05, 0) is 6.07 Å². The maximum Gasteiger partial charge on any atom is 0.279 e. The molecule has 0 aliphatic rings. The van der Waals surface area contributed by atoms with Gasteiger partial charge in [-0.25, -0.2) is 0 Å². The maximum atomic E-state index is 11.5. The van der Waals surface area contributed by atoms with E-state index in [1.54, 1.807) is 6.07 Å². The number of benzene rings is 1. The van der Waals surface area contributed by atoms with Crippen molar-refractivity contribution in [3.8, 4) is 17.1 Å². The van der Waals surface area contributed by atoms with Crippen LogP contribution in [0, 0.1) is 0 Å². The van der Waals surface area contributed by atoms with Crippen molar-refractivity contribution < 1.29 is 13.2 Å². The molecule has 1 aromatic heterocycles. The average molecular weight is 322 g/mol. The van der Waals surface area contributed by atoms with Gasteiger partial charge in [0, 0.05) is 32.3 Å². The molecule has 1 aromatic carbocycles. The summed E-state index contributed by atoms with van der Waals surface area (Å²) in [6.07, 6.45) is 0. The van der Waals surface area contributed by atoms with Gasteiger partial charge in [-0.2, -0.15) is 17.4 Å². The summed E-state index contributed by atoms with van der Waals surface area (Å²) in [6.45, 7) is 0.328. The van der Waals surface area contributed by atoms with Gasteiger partial charge in [0.1, 0.15) is 6.61 Å². The Labute approximate surface area is 130 Å². The molecule has 2 rings (SSSR count). The number of hydrogen-bond acceptors (Lipinski definition) is 5. The Hall–Kier alpha value is -2.03. The summed E-state index contributed by atoms with van der Waals surface area (Å²) in [5.74, 6) is 0.351. The van der Waals surface area contributed by atoms with Crippen LogP contribution in [0.25, 0.3) is 11.3 Å². The van der Waals surface area contributed by atoms with Crippen molar-refractivity contribution in [1.29, 1.82) is 0 Å². The highest BCUT2D eigenvalue weighted by molar-refractivity contribution is 7.87. The molecule has 0 aliphatic carbocycles. The van der Waals surface area contributed by atoms with Crippen molar-refractivity contribution in [2.45, 2.75) is 0 Å². The van der Waals surface area contributed by atoms with Crippen LogP contribution in [0.3, 0.4) is 0 Å². The smallest absolute Gasteiger partial charge is 0.279 e. The van der Waals surface area contributed by atoms with Crippen LogP contribution in [0.15, 0.2) is 42.5 Å². The Kier molecular flexibility index (Phi) is 5.42. The van der Waals surface area contributed by atoms with Crippen LogP contribution in [0.1, 0.15) is 0 Å². The zero-order chi connectivity index (χ0) is 16.0. The molecule has 0 aliphatic heterocycles. The van der Waals surface area contributed by atoms with E-state index in [-0.39, 0.29) is 13.2 Å². The van der Waals surface area contributed by atoms with E-state index in [4.69, 9.17) is 4.74 Å². The second-order valence-corrected chi connectivity index (χ2v) is 6.62. The fraction of sp³-hybridized carbons (Fsp3) is 0.286. The van der Waals surface area contributed by atoms with E-state index in [1.807, 2.05) is 36.4 Å². The minimum absolute atomic E-state index is 0.155. The lowest BCUT2D eigenvalue weighted by molar-refractivity contribution is 0.306. The highest BCUT2D eigenvalue weighted by atomic mass is 32.2. The van der Waals surface area contributed by atoms with Crippen LogP contribution in [0.4, 0.5) is 0 Å². The predicted octanol–water partition coefficient (Wildman–Crippen LogP) is 0.918. The predicted molar refractivity (Wildman–Crippen MR) is 83.6 cm³/mol. The van der Waals surface area contributed by atoms with Crippen molar-refractivity contribution in [2.75, 3.05) is 27.2 Å². The molecule has 0 radical (unpaired) electrons. The summed E-state index contributed by atoms with van der Waals surface area (Å²) < 4.78 is 31.8. The minimum atomic E-state index is -3.43. The highest BCUT2D eigenvalue weighted by Crippen LogP contribution is 2.16. The topological polar surface area (TPSA) is 84.4 Å². The molecule has 0 saturated heterocycles. The van der Waals surface area contributed by atoms with E-state index in [2.05, 4.69) is 14.9 Å². The second kappa shape index (κ2) is 7.30. The zero-order valence-electron chi connectivity index (χ0n) is 12.4. The standard InChI is InChI=1S/C14H18N4O3S/c1-18(2)22(19,20)15-10-11-21-14-9-8-13(16-17-14)12-6-4-3-5-7-12/h3-9,15H,10-11H2,1-2H3. The molecular weight excluding hydrogens is 304 g/mol. The Morgan fingerprint density at radius 1 is 1.09 bits per heavy atom. The summed E-state index contributed by atoms with van der Waals surface area (Å²) in [7, 11) is -0.517. The van der Waals surface area contributed by atoms with E-state index >= 15 is 0 Å². The van der Waals surface area contributed by atoms with Crippen LogP contribution < -0.4 is 9.46 Å². The highest BCUT2D eigenvalue weighted by Gasteiger charge is 2.11. The zero-order valence-corrected chi connectivity index (χ0v) is 13.2. The molecular formula is C14H18N4O3S. The van der Waals surface area contributed by atoms with Crippen LogP contribution in [0.5, 0.6) is 5.88 Å². The maximum absolute atomic E-state index is 11.5. The molecule has 22 heavy (non-hydrogen) atoms. The van der Waals surface area contributed by atoms with Crippen molar-refractivity contribution >= 4 is 10.2 Å². The van der Waals surface area contributed by atoms with E-state index in [1.165, 1.54) is 14.1 Å². The molecule has 0 atom stereocenters. The van der Waals surface area contributed by atoms with Crippen molar-refractivity contribution in [3.63, 3.8) is 0 Å². The molecule has 118 valence electrons. The molecule has 1 heterocycles. The second-order valence-electron chi connectivity index (χ2n) is 4.65. The van der Waals surface area contributed by atoms with Gasteiger partial charge in [-0.1, -0.05) is 30.3 Å². The summed E-state index contributed by atoms with van der Waals surface area (Å²) in [5.41, 5.74) is 1.72. The molecule has 2 aromatic rings. The van der Waals surface area contributed by atoms with Crippen molar-refractivity contribution in [2.24, 2.45) is 0 Å². The van der Waals surface area contributed by atoms with Crippen molar-refractivity contribution in [3.05, 3.63) is 42.5 Å². The molecule has 0 spiro atoms. The minimum Gasteiger partial charge on any atom is -0.475 e. The summed E-state index contributed by atoms with van der Waals surface area (Å²) in [6, 6.07) is 13.2. The lowest BCUT2D eigenvalue weighted by Gasteiger charge is -2.12. The summed E-state index contributed by atoms with van der Waals surface area (Å²) >= 11 is 0. The van der Waals surface area contributed by atoms with Gasteiger partial charge in [0.25, 0.3) is 10.2 Å². The molecule has 8 heteroatoms.